The summed E-state index contributed by atoms with van der Waals surface area (Å²) >= 11 is 0. The zero-order valence-electron chi connectivity index (χ0n) is 16.1. The monoisotopic (exact) mass is 399 g/mol. The largest absolute Gasteiger partial charge is 0.438 e. The van der Waals surface area contributed by atoms with Gasteiger partial charge in [0.2, 0.25) is 5.09 Å². The van der Waals surface area contributed by atoms with Crippen LogP contribution in [0.25, 0.3) is 0 Å². The van der Waals surface area contributed by atoms with Crippen molar-refractivity contribution >= 4 is 15.9 Å². The lowest BCUT2D eigenvalue weighted by Gasteiger charge is -2.40. The number of carbonyl (C=O) groups is 1. The number of ether oxygens (including phenoxy) is 1. The summed E-state index contributed by atoms with van der Waals surface area (Å²) in [5, 5.41) is 2.69. The van der Waals surface area contributed by atoms with Gasteiger partial charge >= 0.3 is 0 Å². The molecule has 3 rings (SSSR count). The summed E-state index contributed by atoms with van der Waals surface area (Å²) in [5.41, 5.74) is -0.227. The topological polar surface area (TPSA) is 92.1 Å². The Bertz CT molecular complexity index is 747. The highest BCUT2D eigenvalue weighted by atomic mass is 32.2. The minimum absolute atomic E-state index is 0.0170. The summed E-state index contributed by atoms with van der Waals surface area (Å²) in [7, 11) is -3.67. The molecule has 0 bridgehead atoms. The van der Waals surface area contributed by atoms with Gasteiger partial charge in [-0.25, -0.2) is 8.42 Å². The fourth-order valence-corrected chi connectivity index (χ4v) is 4.91. The second-order valence-electron chi connectivity index (χ2n) is 7.68. The van der Waals surface area contributed by atoms with Gasteiger partial charge in [0.05, 0.1) is 13.2 Å². The molecule has 2 aliphatic rings. The summed E-state index contributed by atoms with van der Waals surface area (Å²) in [5.74, 6) is -0.389. The number of sulfonamides is 1. The van der Waals surface area contributed by atoms with Crippen LogP contribution < -0.4 is 5.32 Å². The molecule has 0 atom stereocenters. The Balaban J connectivity index is 1.61. The summed E-state index contributed by atoms with van der Waals surface area (Å²) in [4.78, 5) is 14.7. The molecule has 0 aliphatic carbocycles. The Morgan fingerprint density at radius 2 is 1.78 bits per heavy atom. The Hall–Kier alpha value is -1.42. The van der Waals surface area contributed by atoms with Crippen molar-refractivity contribution in [2.45, 2.75) is 43.7 Å². The molecule has 0 radical (unpaired) electrons. The summed E-state index contributed by atoms with van der Waals surface area (Å²) in [6.07, 6.45) is 2.74. The smallest absolute Gasteiger partial charge is 0.287 e. The zero-order valence-corrected chi connectivity index (χ0v) is 16.9. The van der Waals surface area contributed by atoms with Crippen molar-refractivity contribution < 1.29 is 22.4 Å². The van der Waals surface area contributed by atoms with E-state index in [9.17, 15) is 13.2 Å². The molecule has 0 aromatic carbocycles. The van der Waals surface area contributed by atoms with Crippen LogP contribution >= 0.6 is 0 Å². The molecule has 0 spiro atoms. The van der Waals surface area contributed by atoms with Gasteiger partial charge in [-0.3, -0.25) is 9.69 Å². The predicted octanol–water partition coefficient (Wildman–Crippen LogP) is 1.29. The highest BCUT2D eigenvalue weighted by Crippen LogP contribution is 2.22. The number of nitrogens with one attached hydrogen (secondary N) is 1. The van der Waals surface area contributed by atoms with Crippen molar-refractivity contribution in [3.8, 4) is 0 Å². The molecule has 9 heteroatoms. The Morgan fingerprint density at radius 1 is 1.11 bits per heavy atom. The van der Waals surface area contributed by atoms with E-state index in [4.69, 9.17) is 9.15 Å². The fourth-order valence-electron chi connectivity index (χ4n) is 3.48. The van der Waals surface area contributed by atoms with Gasteiger partial charge in [0.25, 0.3) is 15.9 Å². The quantitative estimate of drug-likeness (QED) is 0.775. The van der Waals surface area contributed by atoms with Crippen LogP contribution in [-0.2, 0) is 14.8 Å². The number of carbonyl (C=O) groups excluding carboxylic acids is 1. The number of morpholine rings is 1. The van der Waals surface area contributed by atoms with E-state index in [1.165, 1.54) is 16.4 Å². The van der Waals surface area contributed by atoms with Crippen molar-refractivity contribution in [3.63, 3.8) is 0 Å². The van der Waals surface area contributed by atoms with Crippen LogP contribution in [0.2, 0.25) is 0 Å². The Morgan fingerprint density at radius 3 is 2.44 bits per heavy atom. The van der Waals surface area contributed by atoms with E-state index >= 15 is 0 Å². The Labute approximate surface area is 160 Å². The van der Waals surface area contributed by atoms with Gasteiger partial charge in [-0.2, -0.15) is 4.31 Å². The molecule has 8 nitrogen and oxygen atoms in total. The molecule has 0 saturated carbocycles. The van der Waals surface area contributed by atoms with Crippen molar-refractivity contribution in [2.75, 3.05) is 45.9 Å². The van der Waals surface area contributed by atoms with E-state index in [0.29, 0.717) is 32.8 Å². The van der Waals surface area contributed by atoms with Crippen LogP contribution in [0.3, 0.4) is 0 Å². The minimum Gasteiger partial charge on any atom is -0.438 e. The van der Waals surface area contributed by atoms with Gasteiger partial charge < -0.3 is 14.5 Å². The predicted molar refractivity (Wildman–Crippen MR) is 100 cm³/mol. The number of hydrogen-bond donors (Lipinski definition) is 1. The first kappa shape index (κ1) is 20.3. The van der Waals surface area contributed by atoms with E-state index in [0.717, 1.165) is 32.4 Å². The first-order chi connectivity index (χ1) is 12.8. The molecular formula is C18H29N3O5S. The standard InChI is InChI=1S/C18H29N3O5S/c1-18(2,20-10-12-25-13-11-20)14-19-17(22)15-6-7-16(26-15)27(23,24)21-8-4-3-5-9-21/h6-7H,3-5,8-14H2,1-2H3,(H,19,22). The second kappa shape index (κ2) is 8.30. The third kappa shape index (κ3) is 4.71. The molecule has 27 heavy (non-hydrogen) atoms. The number of furan rings is 1. The summed E-state index contributed by atoms with van der Waals surface area (Å²) in [6.45, 7) is 8.57. The van der Waals surface area contributed by atoms with Gasteiger partial charge in [-0.1, -0.05) is 6.42 Å². The Kier molecular flexibility index (Phi) is 6.25. The lowest BCUT2D eigenvalue weighted by atomic mass is 10.0. The lowest BCUT2D eigenvalue weighted by molar-refractivity contribution is -0.00931. The maximum atomic E-state index is 12.6. The van der Waals surface area contributed by atoms with E-state index < -0.39 is 15.9 Å². The molecule has 2 fully saturated rings. The van der Waals surface area contributed by atoms with Gasteiger partial charge in [0, 0.05) is 38.3 Å². The molecule has 0 unspecified atom stereocenters. The van der Waals surface area contributed by atoms with Crippen LogP contribution in [0.15, 0.2) is 21.6 Å². The van der Waals surface area contributed by atoms with E-state index in [-0.39, 0.29) is 16.4 Å². The number of amides is 1. The van der Waals surface area contributed by atoms with Crippen molar-refractivity contribution in [1.29, 1.82) is 0 Å². The van der Waals surface area contributed by atoms with E-state index in [1.807, 2.05) is 0 Å². The van der Waals surface area contributed by atoms with Gasteiger partial charge in [-0.15, -0.1) is 0 Å². The third-order valence-corrected chi connectivity index (χ3v) is 7.04. The molecule has 152 valence electrons. The third-order valence-electron chi connectivity index (χ3n) is 5.26. The van der Waals surface area contributed by atoms with Crippen LogP contribution in [0, 0.1) is 0 Å². The van der Waals surface area contributed by atoms with Crippen LogP contribution in [0.1, 0.15) is 43.7 Å². The van der Waals surface area contributed by atoms with Crippen molar-refractivity contribution in [2.24, 2.45) is 0 Å². The average molecular weight is 400 g/mol. The SMILES string of the molecule is CC(C)(CNC(=O)c1ccc(S(=O)(=O)N2CCCCC2)o1)N1CCOCC1. The summed E-state index contributed by atoms with van der Waals surface area (Å²) < 4.78 is 37.5. The van der Waals surface area contributed by atoms with Gasteiger partial charge in [0.1, 0.15) is 0 Å². The number of nitrogens with zero attached hydrogens (tertiary/aromatic N) is 2. The normalized spacial score (nSPS) is 20.5. The second-order valence-corrected chi connectivity index (χ2v) is 9.55. The molecule has 1 N–H and O–H groups in total. The molecule has 1 aromatic rings. The average Bonchev–Trinajstić information content (AvgIpc) is 3.19. The maximum absolute atomic E-state index is 12.6. The maximum Gasteiger partial charge on any atom is 0.287 e. The molecular weight excluding hydrogens is 370 g/mol. The van der Waals surface area contributed by atoms with Gasteiger partial charge in [-0.05, 0) is 38.8 Å². The fraction of sp³-hybridized carbons (Fsp3) is 0.722. The van der Waals surface area contributed by atoms with E-state index in [2.05, 4.69) is 24.1 Å². The first-order valence-electron chi connectivity index (χ1n) is 9.52. The number of piperidine rings is 1. The van der Waals surface area contributed by atoms with Crippen molar-refractivity contribution in [3.05, 3.63) is 17.9 Å². The van der Waals surface area contributed by atoms with E-state index in [1.54, 1.807) is 0 Å². The summed E-state index contributed by atoms with van der Waals surface area (Å²) in [6, 6.07) is 2.79. The minimum atomic E-state index is -3.67. The number of rotatable bonds is 6. The van der Waals surface area contributed by atoms with Crippen molar-refractivity contribution in [1.82, 2.24) is 14.5 Å². The molecule has 1 aromatic heterocycles. The molecule has 2 saturated heterocycles. The highest BCUT2D eigenvalue weighted by molar-refractivity contribution is 7.89. The highest BCUT2D eigenvalue weighted by Gasteiger charge is 2.31. The zero-order chi connectivity index (χ0) is 19.5. The molecule has 3 heterocycles. The lowest BCUT2D eigenvalue weighted by Crippen LogP contribution is -2.55. The molecule has 1 amide bonds. The van der Waals surface area contributed by atoms with Crippen LogP contribution in [0.4, 0.5) is 0 Å². The van der Waals surface area contributed by atoms with Crippen LogP contribution in [-0.4, -0.2) is 75.0 Å². The number of hydrogen-bond acceptors (Lipinski definition) is 6. The van der Waals surface area contributed by atoms with Crippen LogP contribution in [0.5, 0.6) is 0 Å². The molecule has 2 aliphatic heterocycles. The van der Waals surface area contributed by atoms with Gasteiger partial charge in [0.15, 0.2) is 5.76 Å². The first-order valence-corrected chi connectivity index (χ1v) is 11.0.